The topological polar surface area (TPSA) is 93.7 Å². The lowest BCUT2D eigenvalue weighted by atomic mass is 10.2. The zero-order valence-corrected chi connectivity index (χ0v) is 15.4. The molecule has 2 aromatic rings. The molecule has 0 radical (unpaired) electrons. The van der Waals surface area contributed by atoms with Crippen LogP contribution in [0.1, 0.15) is 12.8 Å². The molecule has 2 rings (SSSR count). The predicted molar refractivity (Wildman–Crippen MR) is 102 cm³/mol. The van der Waals surface area contributed by atoms with Crippen molar-refractivity contribution in [2.75, 3.05) is 24.4 Å². The van der Waals surface area contributed by atoms with Crippen LogP contribution in [-0.4, -0.2) is 31.5 Å². The molecular weight excluding hydrogens is 372 g/mol. The van der Waals surface area contributed by atoms with Crippen LogP contribution in [0.4, 0.5) is 11.4 Å². The average molecular weight is 391 g/mol. The number of esters is 1. The van der Waals surface area contributed by atoms with Crippen LogP contribution in [0.15, 0.2) is 48.5 Å². The van der Waals surface area contributed by atoms with E-state index in [4.69, 9.17) is 21.1 Å². The first kappa shape index (κ1) is 20.3. The van der Waals surface area contributed by atoms with Gasteiger partial charge in [0.2, 0.25) is 5.91 Å². The minimum Gasteiger partial charge on any atom is -0.495 e. The molecule has 0 aliphatic carbocycles. The van der Waals surface area contributed by atoms with Gasteiger partial charge in [-0.05, 0) is 24.3 Å². The summed E-state index contributed by atoms with van der Waals surface area (Å²) in [5.74, 6) is -1.04. The smallest absolute Gasteiger partial charge is 0.306 e. The summed E-state index contributed by atoms with van der Waals surface area (Å²) in [5.41, 5.74) is 0.939. The van der Waals surface area contributed by atoms with Gasteiger partial charge in [0.15, 0.2) is 6.61 Å². The Balaban J connectivity index is 1.72. The molecule has 2 N–H and O–H groups in total. The molecule has 142 valence electrons. The number of ether oxygens (including phenoxy) is 2. The highest BCUT2D eigenvalue weighted by atomic mass is 35.5. The molecule has 0 spiro atoms. The maximum absolute atomic E-state index is 11.9. The van der Waals surface area contributed by atoms with Crippen LogP contribution >= 0.6 is 11.6 Å². The third kappa shape index (κ3) is 6.63. The maximum Gasteiger partial charge on any atom is 0.306 e. The highest BCUT2D eigenvalue weighted by Crippen LogP contribution is 2.23. The van der Waals surface area contributed by atoms with Crippen LogP contribution < -0.4 is 15.4 Å². The first-order valence-corrected chi connectivity index (χ1v) is 8.50. The second-order valence-corrected chi connectivity index (χ2v) is 5.84. The van der Waals surface area contributed by atoms with E-state index in [0.717, 1.165) is 0 Å². The van der Waals surface area contributed by atoms with E-state index < -0.39 is 18.5 Å². The Hall–Kier alpha value is -3.06. The van der Waals surface area contributed by atoms with Gasteiger partial charge in [0.25, 0.3) is 5.91 Å². The largest absolute Gasteiger partial charge is 0.495 e. The zero-order chi connectivity index (χ0) is 19.6. The number of hydrogen-bond acceptors (Lipinski definition) is 5. The molecule has 0 aliphatic heterocycles. The van der Waals surface area contributed by atoms with Gasteiger partial charge >= 0.3 is 5.97 Å². The summed E-state index contributed by atoms with van der Waals surface area (Å²) in [6.45, 7) is -0.455. The minimum atomic E-state index is -0.653. The molecular formula is C19H19ClN2O5. The van der Waals surface area contributed by atoms with Crippen molar-refractivity contribution in [3.8, 4) is 5.75 Å². The Bertz CT molecular complexity index is 825. The second kappa shape index (κ2) is 10.2. The van der Waals surface area contributed by atoms with E-state index in [1.54, 1.807) is 48.5 Å². The third-order valence-electron chi connectivity index (χ3n) is 3.45. The van der Waals surface area contributed by atoms with Crippen LogP contribution in [0.5, 0.6) is 5.75 Å². The number of benzene rings is 2. The first-order valence-electron chi connectivity index (χ1n) is 8.12. The summed E-state index contributed by atoms with van der Waals surface area (Å²) in [6, 6.07) is 13.6. The summed E-state index contributed by atoms with van der Waals surface area (Å²) >= 11 is 5.94. The molecule has 0 atom stereocenters. The molecule has 0 unspecified atom stereocenters. The maximum atomic E-state index is 11.9. The summed E-state index contributed by atoms with van der Waals surface area (Å²) in [5, 5.41) is 5.59. The molecule has 8 heteroatoms. The van der Waals surface area contributed by atoms with E-state index in [-0.39, 0.29) is 18.7 Å². The molecule has 0 fully saturated rings. The number of hydrogen-bond donors (Lipinski definition) is 2. The number of rotatable bonds is 8. The number of carbonyl (C=O) groups is 3. The number of amides is 2. The van der Waals surface area contributed by atoms with Crippen molar-refractivity contribution < 1.29 is 23.9 Å². The highest BCUT2D eigenvalue weighted by Gasteiger charge is 2.12. The second-order valence-electron chi connectivity index (χ2n) is 5.44. The van der Waals surface area contributed by atoms with Gasteiger partial charge in [-0.1, -0.05) is 35.9 Å². The highest BCUT2D eigenvalue weighted by molar-refractivity contribution is 6.33. The van der Waals surface area contributed by atoms with Crippen molar-refractivity contribution in [1.29, 1.82) is 0 Å². The minimum absolute atomic E-state index is 0.0851. The van der Waals surface area contributed by atoms with Crippen LogP contribution in [0, 0.1) is 0 Å². The fourth-order valence-corrected chi connectivity index (χ4v) is 2.33. The molecule has 2 aromatic carbocycles. The summed E-state index contributed by atoms with van der Waals surface area (Å²) < 4.78 is 9.99. The van der Waals surface area contributed by atoms with Crippen molar-refractivity contribution in [1.82, 2.24) is 0 Å². The van der Waals surface area contributed by atoms with Gasteiger partial charge < -0.3 is 20.1 Å². The fraction of sp³-hybridized carbons (Fsp3) is 0.211. The van der Waals surface area contributed by atoms with Gasteiger partial charge in [-0.25, -0.2) is 0 Å². The van der Waals surface area contributed by atoms with E-state index in [2.05, 4.69) is 10.6 Å². The van der Waals surface area contributed by atoms with Gasteiger partial charge in [0.1, 0.15) is 5.75 Å². The Morgan fingerprint density at radius 1 is 0.889 bits per heavy atom. The summed E-state index contributed by atoms with van der Waals surface area (Å²) in [7, 11) is 1.48. The molecule has 0 heterocycles. The number of methoxy groups -OCH3 is 1. The van der Waals surface area contributed by atoms with E-state index in [9.17, 15) is 14.4 Å². The molecule has 0 saturated heterocycles. The Kier molecular flexibility index (Phi) is 7.63. The van der Waals surface area contributed by atoms with E-state index >= 15 is 0 Å². The van der Waals surface area contributed by atoms with Crippen LogP contribution in [0.3, 0.4) is 0 Å². The van der Waals surface area contributed by atoms with Crippen molar-refractivity contribution >= 4 is 40.8 Å². The molecule has 2 amide bonds. The predicted octanol–water partition coefficient (Wildman–Crippen LogP) is 3.25. The number of nitrogens with one attached hydrogen (secondary N) is 2. The van der Waals surface area contributed by atoms with Crippen LogP contribution in [-0.2, 0) is 19.1 Å². The Labute approximate surface area is 161 Å². The van der Waals surface area contributed by atoms with Gasteiger partial charge in [-0.3, -0.25) is 14.4 Å². The number of para-hydroxylation sites is 3. The molecule has 0 bridgehead atoms. The third-order valence-corrected chi connectivity index (χ3v) is 3.78. The standard InChI is InChI=1S/C19H19ClN2O5/c1-26-16-9-5-4-8-15(16)22-18(24)12-27-19(25)11-10-17(23)21-14-7-3-2-6-13(14)20/h2-9H,10-12H2,1H3,(H,21,23)(H,22,24). The first-order chi connectivity index (χ1) is 13.0. The monoisotopic (exact) mass is 390 g/mol. The van der Waals surface area contributed by atoms with Crippen molar-refractivity contribution in [2.45, 2.75) is 12.8 Å². The average Bonchev–Trinajstić information content (AvgIpc) is 2.67. The Morgan fingerprint density at radius 3 is 2.22 bits per heavy atom. The molecule has 0 saturated carbocycles. The summed E-state index contributed by atoms with van der Waals surface area (Å²) in [4.78, 5) is 35.4. The molecule has 0 aliphatic rings. The van der Waals surface area contributed by atoms with Gasteiger partial charge in [-0.2, -0.15) is 0 Å². The zero-order valence-electron chi connectivity index (χ0n) is 14.7. The number of halogens is 1. The van der Waals surface area contributed by atoms with E-state index in [1.807, 2.05) is 0 Å². The lowest BCUT2D eigenvalue weighted by Crippen LogP contribution is -2.22. The van der Waals surface area contributed by atoms with Gasteiger partial charge in [0.05, 0.1) is 29.9 Å². The summed E-state index contributed by atoms with van der Waals surface area (Å²) in [6.07, 6.45) is -0.240. The SMILES string of the molecule is COc1ccccc1NC(=O)COC(=O)CCC(=O)Nc1ccccc1Cl. The number of anilines is 2. The van der Waals surface area contributed by atoms with Crippen molar-refractivity contribution in [3.05, 3.63) is 53.6 Å². The Morgan fingerprint density at radius 2 is 1.52 bits per heavy atom. The quantitative estimate of drug-likeness (QED) is 0.675. The van der Waals surface area contributed by atoms with Gasteiger partial charge in [-0.15, -0.1) is 0 Å². The van der Waals surface area contributed by atoms with Gasteiger partial charge in [0, 0.05) is 6.42 Å². The van der Waals surface area contributed by atoms with E-state index in [0.29, 0.717) is 22.1 Å². The van der Waals surface area contributed by atoms with Crippen LogP contribution in [0.25, 0.3) is 0 Å². The normalized spacial score (nSPS) is 10.0. The fourth-order valence-electron chi connectivity index (χ4n) is 2.14. The molecule has 0 aromatic heterocycles. The molecule has 7 nitrogen and oxygen atoms in total. The molecule has 27 heavy (non-hydrogen) atoms. The lowest BCUT2D eigenvalue weighted by Gasteiger charge is -2.10. The van der Waals surface area contributed by atoms with Crippen LogP contribution in [0.2, 0.25) is 5.02 Å². The number of carbonyl (C=O) groups excluding carboxylic acids is 3. The van der Waals surface area contributed by atoms with E-state index in [1.165, 1.54) is 7.11 Å². The van der Waals surface area contributed by atoms with Crippen molar-refractivity contribution in [2.24, 2.45) is 0 Å². The lowest BCUT2D eigenvalue weighted by molar-refractivity contribution is -0.147. The van der Waals surface area contributed by atoms with Crippen molar-refractivity contribution in [3.63, 3.8) is 0 Å².